The first-order chi connectivity index (χ1) is 9.00. The Morgan fingerprint density at radius 2 is 2.16 bits per heavy atom. The first kappa shape index (κ1) is 14.9. The van der Waals surface area contributed by atoms with Crippen molar-refractivity contribution in [2.45, 2.75) is 0 Å². The fourth-order valence-corrected chi connectivity index (χ4v) is 1.31. The zero-order valence-corrected chi connectivity index (χ0v) is 11.0. The summed E-state index contributed by atoms with van der Waals surface area (Å²) in [5, 5.41) is 3.00. The minimum absolute atomic E-state index is 0.0919. The molecule has 1 aromatic rings. The van der Waals surface area contributed by atoms with Crippen molar-refractivity contribution in [2.24, 2.45) is 5.73 Å². The third kappa shape index (κ3) is 5.35. The third-order valence-corrected chi connectivity index (χ3v) is 2.21. The van der Waals surface area contributed by atoms with Crippen LogP contribution in [0.2, 0.25) is 0 Å². The number of ether oxygens (including phenoxy) is 1. The summed E-state index contributed by atoms with van der Waals surface area (Å²) in [5.74, 6) is 0.0477. The van der Waals surface area contributed by atoms with Gasteiger partial charge in [0.05, 0.1) is 12.2 Å². The van der Waals surface area contributed by atoms with E-state index in [0.29, 0.717) is 24.5 Å². The second-order valence-corrected chi connectivity index (χ2v) is 4.08. The predicted octanol–water partition coefficient (Wildman–Crippen LogP) is -0.303. The largest absolute Gasteiger partial charge is 0.370 e. The Bertz CT molecular complexity index is 431. The van der Waals surface area contributed by atoms with Crippen molar-refractivity contribution in [2.75, 3.05) is 39.2 Å². The van der Waals surface area contributed by atoms with Gasteiger partial charge in [-0.1, -0.05) is 0 Å². The molecule has 0 saturated heterocycles. The number of hydrogen-bond donors (Lipinski definition) is 2. The molecule has 0 aliphatic rings. The van der Waals surface area contributed by atoms with Crippen molar-refractivity contribution >= 4 is 17.6 Å². The van der Waals surface area contributed by atoms with Gasteiger partial charge in [-0.3, -0.25) is 9.59 Å². The second kappa shape index (κ2) is 7.32. The maximum absolute atomic E-state index is 11.6. The van der Waals surface area contributed by atoms with Crippen LogP contribution in [0.15, 0.2) is 18.3 Å². The number of nitrogens with one attached hydrogen (secondary N) is 1. The number of amides is 2. The summed E-state index contributed by atoms with van der Waals surface area (Å²) in [4.78, 5) is 27.6. The molecule has 1 aromatic heterocycles. The maximum atomic E-state index is 11.6. The molecule has 19 heavy (non-hydrogen) atoms. The third-order valence-electron chi connectivity index (χ3n) is 2.21. The van der Waals surface area contributed by atoms with E-state index >= 15 is 0 Å². The number of nitrogens with zero attached hydrogens (tertiary/aromatic N) is 2. The summed E-state index contributed by atoms with van der Waals surface area (Å²) in [6.07, 6.45) is 1.51. The Hall–Kier alpha value is -2.15. The van der Waals surface area contributed by atoms with Crippen LogP contribution in [0.4, 0.5) is 5.82 Å². The molecule has 0 atom stereocenters. The van der Waals surface area contributed by atoms with Gasteiger partial charge < -0.3 is 20.7 Å². The fourth-order valence-electron chi connectivity index (χ4n) is 1.31. The SMILES string of the molecule is CN(C)C(=O)c1ccc(NCCOCC(N)=O)nc1. The van der Waals surface area contributed by atoms with E-state index in [1.54, 1.807) is 26.2 Å². The molecule has 0 unspecified atom stereocenters. The van der Waals surface area contributed by atoms with Gasteiger partial charge in [-0.05, 0) is 12.1 Å². The number of anilines is 1. The molecule has 7 heteroatoms. The molecular weight excluding hydrogens is 248 g/mol. The number of rotatable bonds is 7. The van der Waals surface area contributed by atoms with Gasteiger partial charge in [0, 0.05) is 26.8 Å². The van der Waals surface area contributed by atoms with Crippen LogP contribution in [0.1, 0.15) is 10.4 Å². The molecule has 0 saturated carbocycles. The highest BCUT2D eigenvalue weighted by atomic mass is 16.5. The lowest BCUT2D eigenvalue weighted by Crippen LogP contribution is -2.22. The highest BCUT2D eigenvalue weighted by molar-refractivity contribution is 5.93. The average Bonchev–Trinajstić information content (AvgIpc) is 2.37. The number of aromatic nitrogens is 1. The molecule has 0 fully saturated rings. The van der Waals surface area contributed by atoms with Gasteiger partial charge in [0.1, 0.15) is 12.4 Å². The van der Waals surface area contributed by atoms with E-state index in [9.17, 15) is 9.59 Å². The van der Waals surface area contributed by atoms with Gasteiger partial charge in [0.2, 0.25) is 5.91 Å². The van der Waals surface area contributed by atoms with Gasteiger partial charge in [0.15, 0.2) is 0 Å². The average molecular weight is 266 g/mol. The molecule has 104 valence electrons. The second-order valence-electron chi connectivity index (χ2n) is 4.08. The van der Waals surface area contributed by atoms with Gasteiger partial charge in [-0.25, -0.2) is 4.98 Å². The van der Waals surface area contributed by atoms with Crippen LogP contribution in [0.3, 0.4) is 0 Å². The van der Waals surface area contributed by atoms with E-state index < -0.39 is 5.91 Å². The molecule has 0 aliphatic carbocycles. The summed E-state index contributed by atoms with van der Waals surface area (Å²) in [6, 6.07) is 3.41. The monoisotopic (exact) mass is 266 g/mol. The number of hydrogen-bond acceptors (Lipinski definition) is 5. The Kier molecular flexibility index (Phi) is 5.74. The molecule has 1 rings (SSSR count). The fraction of sp³-hybridized carbons (Fsp3) is 0.417. The summed E-state index contributed by atoms with van der Waals surface area (Å²) in [6.45, 7) is 0.760. The Balaban J connectivity index is 2.36. The number of primary amides is 1. The van der Waals surface area contributed by atoms with Crippen LogP contribution in [-0.2, 0) is 9.53 Å². The quantitative estimate of drug-likeness (QED) is 0.660. The first-order valence-corrected chi connectivity index (χ1v) is 5.78. The number of carbonyl (C=O) groups excluding carboxylic acids is 2. The molecule has 0 radical (unpaired) electrons. The summed E-state index contributed by atoms with van der Waals surface area (Å²) in [5.41, 5.74) is 5.45. The molecule has 0 aromatic carbocycles. The van der Waals surface area contributed by atoms with Gasteiger partial charge in [-0.15, -0.1) is 0 Å². The number of nitrogens with two attached hydrogens (primary N) is 1. The highest BCUT2D eigenvalue weighted by Gasteiger charge is 2.07. The normalized spacial score (nSPS) is 10.0. The molecule has 2 amide bonds. The van der Waals surface area contributed by atoms with Crippen LogP contribution in [0.25, 0.3) is 0 Å². The summed E-state index contributed by atoms with van der Waals surface area (Å²) >= 11 is 0. The van der Waals surface area contributed by atoms with E-state index in [1.165, 1.54) is 11.1 Å². The van der Waals surface area contributed by atoms with Crippen LogP contribution >= 0.6 is 0 Å². The smallest absolute Gasteiger partial charge is 0.254 e. The van der Waals surface area contributed by atoms with Crippen LogP contribution in [-0.4, -0.2) is 55.6 Å². The Morgan fingerprint density at radius 3 is 2.68 bits per heavy atom. The van der Waals surface area contributed by atoms with E-state index in [1.807, 2.05) is 0 Å². The molecule has 1 heterocycles. The van der Waals surface area contributed by atoms with Crippen molar-refractivity contribution in [1.82, 2.24) is 9.88 Å². The maximum Gasteiger partial charge on any atom is 0.254 e. The van der Waals surface area contributed by atoms with Crippen molar-refractivity contribution in [3.05, 3.63) is 23.9 Å². The minimum atomic E-state index is -0.496. The lowest BCUT2D eigenvalue weighted by Gasteiger charge is -2.10. The minimum Gasteiger partial charge on any atom is -0.370 e. The number of pyridine rings is 1. The lowest BCUT2D eigenvalue weighted by atomic mass is 10.2. The highest BCUT2D eigenvalue weighted by Crippen LogP contribution is 2.06. The van der Waals surface area contributed by atoms with Gasteiger partial charge >= 0.3 is 0 Å². The zero-order chi connectivity index (χ0) is 14.3. The van der Waals surface area contributed by atoms with E-state index in [4.69, 9.17) is 10.5 Å². The summed E-state index contributed by atoms with van der Waals surface area (Å²) in [7, 11) is 3.37. The Labute approximate surface area is 111 Å². The van der Waals surface area contributed by atoms with Crippen LogP contribution in [0, 0.1) is 0 Å². The van der Waals surface area contributed by atoms with Crippen LogP contribution in [0.5, 0.6) is 0 Å². The molecular formula is C12H18N4O3. The Morgan fingerprint density at radius 1 is 1.42 bits per heavy atom. The predicted molar refractivity (Wildman–Crippen MR) is 70.8 cm³/mol. The van der Waals surface area contributed by atoms with Crippen LogP contribution < -0.4 is 11.1 Å². The number of carbonyl (C=O) groups is 2. The van der Waals surface area contributed by atoms with Gasteiger partial charge in [-0.2, -0.15) is 0 Å². The molecule has 0 bridgehead atoms. The summed E-state index contributed by atoms with van der Waals surface area (Å²) < 4.78 is 4.98. The van der Waals surface area contributed by atoms with Crippen molar-refractivity contribution in [3.8, 4) is 0 Å². The molecule has 0 aliphatic heterocycles. The van der Waals surface area contributed by atoms with E-state index in [2.05, 4.69) is 10.3 Å². The topological polar surface area (TPSA) is 97.5 Å². The molecule has 3 N–H and O–H groups in total. The van der Waals surface area contributed by atoms with Gasteiger partial charge in [0.25, 0.3) is 5.91 Å². The molecule has 0 spiro atoms. The molecule has 7 nitrogen and oxygen atoms in total. The van der Waals surface area contributed by atoms with E-state index in [-0.39, 0.29) is 12.5 Å². The van der Waals surface area contributed by atoms with Crippen molar-refractivity contribution < 1.29 is 14.3 Å². The van der Waals surface area contributed by atoms with E-state index in [0.717, 1.165) is 0 Å². The lowest BCUT2D eigenvalue weighted by molar-refractivity contribution is -0.122. The standard InChI is InChI=1S/C12H18N4O3/c1-16(2)12(18)9-3-4-11(15-7-9)14-5-6-19-8-10(13)17/h3-4,7H,5-6,8H2,1-2H3,(H2,13,17)(H,14,15). The first-order valence-electron chi connectivity index (χ1n) is 5.78. The van der Waals surface area contributed by atoms with Crippen molar-refractivity contribution in [3.63, 3.8) is 0 Å². The zero-order valence-electron chi connectivity index (χ0n) is 11.0. The van der Waals surface area contributed by atoms with Crippen molar-refractivity contribution in [1.29, 1.82) is 0 Å².